The van der Waals surface area contributed by atoms with Crippen molar-refractivity contribution in [1.82, 2.24) is 9.97 Å². The van der Waals surface area contributed by atoms with Gasteiger partial charge in [-0.2, -0.15) is 4.98 Å². The van der Waals surface area contributed by atoms with Crippen molar-refractivity contribution in [2.45, 2.75) is 20.4 Å². The molecular formula is C20H21BrN4. The van der Waals surface area contributed by atoms with Gasteiger partial charge in [0.2, 0.25) is 5.95 Å². The molecule has 5 heteroatoms. The topological polar surface area (TPSA) is 41.1 Å². The summed E-state index contributed by atoms with van der Waals surface area (Å²) in [6.07, 6.45) is 0. The van der Waals surface area contributed by atoms with Crippen LogP contribution in [-0.2, 0) is 6.54 Å². The first-order valence-electron chi connectivity index (χ1n) is 8.31. The van der Waals surface area contributed by atoms with Gasteiger partial charge in [0.25, 0.3) is 0 Å². The smallest absolute Gasteiger partial charge is 0.229 e. The summed E-state index contributed by atoms with van der Waals surface area (Å²) < 4.78 is 1.05. The summed E-state index contributed by atoms with van der Waals surface area (Å²) in [6.45, 7) is 5.84. The maximum Gasteiger partial charge on any atom is 0.229 e. The van der Waals surface area contributed by atoms with E-state index in [1.807, 2.05) is 43.3 Å². The fourth-order valence-corrected chi connectivity index (χ4v) is 2.86. The molecule has 0 aliphatic rings. The third-order valence-electron chi connectivity index (χ3n) is 3.86. The number of rotatable bonds is 6. The van der Waals surface area contributed by atoms with Crippen LogP contribution in [0.1, 0.15) is 18.2 Å². The highest BCUT2D eigenvalue weighted by Crippen LogP contribution is 2.21. The summed E-state index contributed by atoms with van der Waals surface area (Å²) in [5.41, 5.74) is 3.17. The molecule has 0 amide bonds. The van der Waals surface area contributed by atoms with Gasteiger partial charge in [0.1, 0.15) is 5.82 Å². The minimum Gasteiger partial charge on any atom is -0.352 e. The van der Waals surface area contributed by atoms with Gasteiger partial charge in [-0.25, -0.2) is 4.98 Å². The first-order chi connectivity index (χ1) is 12.1. The molecule has 128 valence electrons. The average molecular weight is 397 g/mol. The Morgan fingerprint density at radius 1 is 1.00 bits per heavy atom. The van der Waals surface area contributed by atoms with Crippen LogP contribution in [0.15, 0.2) is 65.1 Å². The second-order valence-corrected chi connectivity index (χ2v) is 6.74. The van der Waals surface area contributed by atoms with Crippen molar-refractivity contribution in [2.75, 3.05) is 16.8 Å². The number of hydrogen-bond acceptors (Lipinski definition) is 4. The molecule has 3 aromatic rings. The number of aromatic nitrogens is 2. The number of halogens is 1. The van der Waals surface area contributed by atoms with Crippen LogP contribution < -0.4 is 10.2 Å². The molecule has 0 bridgehead atoms. The molecular weight excluding hydrogens is 376 g/mol. The van der Waals surface area contributed by atoms with E-state index in [-0.39, 0.29) is 0 Å². The monoisotopic (exact) mass is 396 g/mol. The van der Waals surface area contributed by atoms with Crippen LogP contribution >= 0.6 is 15.9 Å². The average Bonchev–Trinajstić information content (AvgIpc) is 2.62. The highest BCUT2D eigenvalue weighted by Gasteiger charge is 2.10. The first kappa shape index (κ1) is 17.4. The Kier molecular flexibility index (Phi) is 5.66. The van der Waals surface area contributed by atoms with E-state index in [4.69, 9.17) is 4.98 Å². The van der Waals surface area contributed by atoms with Gasteiger partial charge in [-0.05, 0) is 43.7 Å². The molecule has 4 nitrogen and oxygen atoms in total. The zero-order chi connectivity index (χ0) is 17.6. The summed E-state index contributed by atoms with van der Waals surface area (Å²) >= 11 is 3.45. The van der Waals surface area contributed by atoms with Gasteiger partial charge in [-0.1, -0.05) is 46.3 Å². The number of benzene rings is 2. The van der Waals surface area contributed by atoms with Gasteiger partial charge in [0.15, 0.2) is 0 Å². The quantitative estimate of drug-likeness (QED) is 0.612. The maximum atomic E-state index is 4.71. The first-order valence-corrected chi connectivity index (χ1v) is 9.10. The van der Waals surface area contributed by atoms with E-state index in [9.17, 15) is 0 Å². The van der Waals surface area contributed by atoms with Gasteiger partial charge in [0.05, 0.1) is 0 Å². The Morgan fingerprint density at radius 3 is 2.40 bits per heavy atom. The Bertz CT molecular complexity index is 819. The summed E-state index contributed by atoms with van der Waals surface area (Å²) in [5.74, 6) is 1.54. The van der Waals surface area contributed by atoms with Crippen molar-refractivity contribution >= 4 is 33.4 Å². The molecule has 1 N–H and O–H groups in total. The Hall–Kier alpha value is -2.40. The highest BCUT2D eigenvalue weighted by molar-refractivity contribution is 9.10. The molecule has 0 fully saturated rings. The zero-order valence-corrected chi connectivity index (χ0v) is 16.0. The SMILES string of the molecule is CCN(Cc1ccccc1)c1cc(C)nc(Nc2ccc(Br)cc2)n1. The van der Waals surface area contributed by atoms with Crippen LogP contribution in [0.3, 0.4) is 0 Å². The summed E-state index contributed by atoms with van der Waals surface area (Å²) in [5, 5.41) is 3.29. The number of nitrogens with zero attached hydrogens (tertiary/aromatic N) is 3. The van der Waals surface area contributed by atoms with E-state index in [1.54, 1.807) is 0 Å². The van der Waals surface area contributed by atoms with Crippen molar-refractivity contribution in [3.8, 4) is 0 Å². The molecule has 25 heavy (non-hydrogen) atoms. The van der Waals surface area contributed by atoms with Crippen molar-refractivity contribution < 1.29 is 0 Å². The molecule has 0 aliphatic carbocycles. The van der Waals surface area contributed by atoms with Crippen molar-refractivity contribution in [2.24, 2.45) is 0 Å². The molecule has 0 aliphatic heterocycles. The third-order valence-corrected chi connectivity index (χ3v) is 4.39. The fourth-order valence-electron chi connectivity index (χ4n) is 2.59. The van der Waals surface area contributed by atoms with E-state index in [1.165, 1.54) is 5.56 Å². The van der Waals surface area contributed by atoms with Crippen LogP contribution in [0.4, 0.5) is 17.5 Å². The van der Waals surface area contributed by atoms with Gasteiger partial charge in [-0.15, -0.1) is 0 Å². The van der Waals surface area contributed by atoms with E-state index in [0.29, 0.717) is 5.95 Å². The lowest BCUT2D eigenvalue weighted by Crippen LogP contribution is -2.23. The van der Waals surface area contributed by atoms with E-state index in [0.717, 1.165) is 34.8 Å². The van der Waals surface area contributed by atoms with Gasteiger partial charge < -0.3 is 10.2 Å². The Labute approximate surface area is 157 Å². The fraction of sp³-hybridized carbons (Fsp3) is 0.200. The molecule has 0 saturated carbocycles. The predicted octanol–water partition coefficient (Wildman–Crippen LogP) is 5.32. The predicted molar refractivity (Wildman–Crippen MR) is 107 cm³/mol. The maximum absolute atomic E-state index is 4.71. The second-order valence-electron chi connectivity index (χ2n) is 5.82. The minimum atomic E-state index is 0.615. The normalized spacial score (nSPS) is 10.5. The van der Waals surface area contributed by atoms with Crippen LogP contribution in [0.2, 0.25) is 0 Å². The second kappa shape index (κ2) is 8.12. The summed E-state index contributed by atoms with van der Waals surface area (Å²) in [6, 6.07) is 20.4. The van der Waals surface area contributed by atoms with Crippen LogP contribution in [0, 0.1) is 6.92 Å². The van der Waals surface area contributed by atoms with Crippen molar-refractivity contribution in [1.29, 1.82) is 0 Å². The molecule has 1 heterocycles. The summed E-state index contributed by atoms with van der Waals surface area (Å²) in [7, 11) is 0. The van der Waals surface area contributed by atoms with E-state index >= 15 is 0 Å². The lowest BCUT2D eigenvalue weighted by Gasteiger charge is -2.23. The standard InChI is InChI=1S/C20H21BrN4/c1-3-25(14-16-7-5-4-6-8-16)19-13-15(2)22-20(24-19)23-18-11-9-17(21)10-12-18/h4-13H,3,14H2,1-2H3,(H,22,23,24). The van der Waals surface area contributed by atoms with Gasteiger partial charge >= 0.3 is 0 Å². The number of nitrogens with one attached hydrogen (secondary N) is 1. The largest absolute Gasteiger partial charge is 0.352 e. The number of aryl methyl sites for hydroxylation is 1. The Morgan fingerprint density at radius 2 is 1.72 bits per heavy atom. The van der Waals surface area contributed by atoms with Gasteiger partial charge in [-0.3, -0.25) is 0 Å². The van der Waals surface area contributed by atoms with Crippen LogP contribution in [0.5, 0.6) is 0 Å². The number of anilines is 3. The highest BCUT2D eigenvalue weighted by atomic mass is 79.9. The lowest BCUT2D eigenvalue weighted by atomic mass is 10.2. The minimum absolute atomic E-state index is 0.615. The third kappa shape index (κ3) is 4.79. The lowest BCUT2D eigenvalue weighted by molar-refractivity contribution is 0.809. The molecule has 0 spiro atoms. The van der Waals surface area contributed by atoms with Gasteiger partial charge in [0, 0.05) is 35.0 Å². The number of hydrogen-bond donors (Lipinski definition) is 1. The molecule has 0 atom stereocenters. The summed E-state index contributed by atoms with van der Waals surface area (Å²) in [4.78, 5) is 11.5. The van der Waals surface area contributed by atoms with Crippen LogP contribution in [0.25, 0.3) is 0 Å². The molecule has 0 unspecified atom stereocenters. The molecule has 3 rings (SSSR count). The molecule has 1 aromatic heterocycles. The van der Waals surface area contributed by atoms with Crippen LogP contribution in [-0.4, -0.2) is 16.5 Å². The van der Waals surface area contributed by atoms with E-state index in [2.05, 4.69) is 62.3 Å². The van der Waals surface area contributed by atoms with E-state index < -0.39 is 0 Å². The molecule has 2 aromatic carbocycles. The van der Waals surface area contributed by atoms with Crippen molar-refractivity contribution in [3.05, 3.63) is 76.4 Å². The zero-order valence-electron chi connectivity index (χ0n) is 14.4. The molecule has 0 radical (unpaired) electrons. The Balaban J connectivity index is 1.83. The molecule has 0 saturated heterocycles. The van der Waals surface area contributed by atoms with Crippen molar-refractivity contribution in [3.63, 3.8) is 0 Å².